The van der Waals surface area contributed by atoms with Crippen LogP contribution in [0.1, 0.15) is 16.8 Å². The van der Waals surface area contributed by atoms with Crippen molar-refractivity contribution in [3.8, 4) is 16.8 Å². The molecule has 1 aliphatic rings. The summed E-state index contributed by atoms with van der Waals surface area (Å²) in [5.74, 6) is 0. The first-order valence-corrected chi connectivity index (χ1v) is 10.6. The van der Waals surface area contributed by atoms with E-state index in [0.29, 0.717) is 0 Å². The third kappa shape index (κ3) is 2.82. The van der Waals surface area contributed by atoms with Gasteiger partial charge in [-0.1, -0.05) is 42.0 Å². The lowest BCUT2D eigenvalue weighted by atomic mass is 10.1. The molecule has 5 rings (SSSR count). The molecule has 0 atom stereocenters. The molecule has 4 aromatic rings. The van der Waals surface area contributed by atoms with Gasteiger partial charge in [0.1, 0.15) is 0 Å². The SMILES string of the molecule is Cc1ccc2c(c1)c1c(n2-c2cscc2-c2ccccc2)CCN(C)CC1. The molecular weight excluding hydrogens is 348 g/mol. The Bertz CT molecular complexity index is 1100. The van der Waals surface area contributed by atoms with Gasteiger partial charge in [-0.15, -0.1) is 11.3 Å². The van der Waals surface area contributed by atoms with Gasteiger partial charge in [-0.25, -0.2) is 0 Å². The van der Waals surface area contributed by atoms with Crippen LogP contribution < -0.4 is 0 Å². The van der Waals surface area contributed by atoms with Crippen molar-refractivity contribution in [1.82, 2.24) is 9.47 Å². The van der Waals surface area contributed by atoms with Gasteiger partial charge < -0.3 is 9.47 Å². The number of aromatic nitrogens is 1. The summed E-state index contributed by atoms with van der Waals surface area (Å²) < 4.78 is 2.54. The maximum atomic E-state index is 2.54. The smallest absolute Gasteiger partial charge is 0.0644 e. The van der Waals surface area contributed by atoms with E-state index in [9.17, 15) is 0 Å². The molecule has 0 spiro atoms. The van der Waals surface area contributed by atoms with E-state index in [1.54, 1.807) is 16.9 Å². The van der Waals surface area contributed by atoms with Crippen LogP contribution in [0.25, 0.3) is 27.7 Å². The molecule has 0 radical (unpaired) electrons. The lowest BCUT2D eigenvalue weighted by Crippen LogP contribution is -2.21. The minimum Gasteiger partial charge on any atom is -0.312 e. The number of benzene rings is 2. The van der Waals surface area contributed by atoms with Gasteiger partial charge in [-0.2, -0.15) is 0 Å². The van der Waals surface area contributed by atoms with Gasteiger partial charge in [0.15, 0.2) is 0 Å². The van der Waals surface area contributed by atoms with E-state index in [0.717, 1.165) is 25.9 Å². The molecule has 0 N–H and O–H groups in total. The quantitative estimate of drug-likeness (QED) is 0.438. The van der Waals surface area contributed by atoms with Crippen molar-refractivity contribution in [3.63, 3.8) is 0 Å². The van der Waals surface area contributed by atoms with Crippen LogP contribution in [0.5, 0.6) is 0 Å². The van der Waals surface area contributed by atoms with Gasteiger partial charge in [0, 0.05) is 46.9 Å². The van der Waals surface area contributed by atoms with Crippen molar-refractivity contribution in [2.45, 2.75) is 19.8 Å². The summed E-state index contributed by atoms with van der Waals surface area (Å²) in [7, 11) is 2.24. The molecule has 27 heavy (non-hydrogen) atoms. The lowest BCUT2D eigenvalue weighted by Gasteiger charge is -2.15. The Morgan fingerprint density at radius 2 is 1.74 bits per heavy atom. The van der Waals surface area contributed by atoms with Gasteiger partial charge in [0.2, 0.25) is 0 Å². The van der Waals surface area contributed by atoms with Crippen molar-refractivity contribution in [3.05, 3.63) is 76.1 Å². The zero-order valence-corrected chi connectivity index (χ0v) is 16.7. The van der Waals surface area contributed by atoms with E-state index in [-0.39, 0.29) is 0 Å². The number of fused-ring (bicyclic) bond motifs is 3. The number of rotatable bonds is 2. The summed E-state index contributed by atoms with van der Waals surface area (Å²) in [5.41, 5.74) is 9.68. The first kappa shape index (κ1) is 16.8. The number of nitrogens with zero attached hydrogens (tertiary/aromatic N) is 2. The molecule has 0 amide bonds. The van der Waals surface area contributed by atoms with E-state index >= 15 is 0 Å². The van der Waals surface area contributed by atoms with Gasteiger partial charge >= 0.3 is 0 Å². The van der Waals surface area contributed by atoms with Crippen molar-refractivity contribution >= 4 is 22.2 Å². The van der Waals surface area contributed by atoms with E-state index in [2.05, 4.69) is 82.7 Å². The molecular formula is C24H24N2S. The Hall–Kier alpha value is -2.36. The summed E-state index contributed by atoms with van der Waals surface area (Å²) >= 11 is 1.80. The van der Waals surface area contributed by atoms with Crippen LogP contribution in [-0.2, 0) is 12.8 Å². The van der Waals surface area contributed by atoms with Crippen LogP contribution in [0.3, 0.4) is 0 Å². The minimum atomic E-state index is 1.10. The van der Waals surface area contributed by atoms with E-state index in [1.165, 1.54) is 39.0 Å². The van der Waals surface area contributed by atoms with Crippen molar-refractivity contribution in [2.24, 2.45) is 0 Å². The number of likely N-dealkylation sites (N-methyl/N-ethyl adjacent to an activating group) is 1. The Balaban J connectivity index is 1.79. The molecule has 0 saturated heterocycles. The fraction of sp³-hybridized carbons (Fsp3) is 0.250. The van der Waals surface area contributed by atoms with Crippen LogP contribution >= 0.6 is 11.3 Å². The number of aryl methyl sites for hydroxylation is 1. The summed E-state index contributed by atoms with van der Waals surface area (Å²) in [6.45, 7) is 4.45. The second-order valence-electron chi connectivity index (χ2n) is 7.62. The van der Waals surface area contributed by atoms with Gasteiger partial charge in [-0.3, -0.25) is 0 Å². The molecule has 0 fully saturated rings. The predicted molar refractivity (Wildman–Crippen MR) is 116 cm³/mol. The van der Waals surface area contributed by atoms with Crippen LogP contribution in [0.15, 0.2) is 59.3 Å². The van der Waals surface area contributed by atoms with Gasteiger partial charge in [0.25, 0.3) is 0 Å². The van der Waals surface area contributed by atoms with Crippen molar-refractivity contribution in [2.75, 3.05) is 20.1 Å². The summed E-state index contributed by atoms with van der Waals surface area (Å²) in [4.78, 5) is 2.46. The topological polar surface area (TPSA) is 8.17 Å². The minimum absolute atomic E-state index is 1.10. The highest BCUT2D eigenvalue weighted by molar-refractivity contribution is 7.08. The van der Waals surface area contributed by atoms with Crippen LogP contribution in [-0.4, -0.2) is 29.6 Å². The highest BCUT2D eigenvalue weighted by atomic mass is 32.1. The molecule has 0 aliphatic carbocycles. The molecule has 1 aliphatic heterocycles. The lowest BCUT2D eigenvalue weighted by molar-refractivity contribution is 0.351. The predicted octanol–water partition coefficient (Wildman–Crippen LogP) is 5.70. The average Bonchev–Trinajstić information content (AvgIpc) is 3.21. The highest BCUT2D eigenvalue weighted by Gasteiger charge is 2.23. The van der Waals surface area contributed by atoms with Crippen LogP contribution in [0.4, 0.5) is 0 Å². The molecule has 2 aromatic carbocycles. The number of thiophene rings is 1. The van der Waals surface area contributed by atoms with Crippen LogP contribution in [0, 0.1) is 6.92 Å². The van der Waals surface area contributed by atoms with E-state index < -0.39 is 0 Å². The summed E-state index contributed by atoms with van der Waals surface area (Å²) in [6.07, 6.45) is 2.23. The molecule has 136 valence electrons. The molecule has 0 saturated carbocycles. The normalized spacial score (nSPS) is 15.0. The van der Waals surface area contributed by atoms with E-state index in [4.69, 9.17) is 0 Å². The van der Waals surface area contributed by atoms with E-state index in [1.807, 2.05) is 0 Å². The first-order chi connectivity index (χ1) is 13.2. The summed E-state index contributed by atoms with van der Waals surface area (Å²) in [6, 6.07) is 17.7. The number of hydrogen-bond donors (Lipinski definition) is 0. The third-order valence-corrected chi connectivity index (χ3v) is 6.51. The molecule has 0 bridgehead atoms. The van der Waals surface area contributed by atoms with Gasteiger partial charge in [0.05, 0.1) is 11.2 Å². The largest absolute Gasteiger partial charge is 0.312 e. The molecule has 0 unspecified atom stereocenters. The van der Waals surface area contributed by atoms with Crippen molar-refractivity contribution < 1.29 is 0 Å². The Morgan fingerprint density at radius 1 is 0.926 bits per heavy atom. The first-order valence-electron chi connectivity index (χ1n) is 9.66. The second-order valence-corrected chi connectivity index (χ2v) is 8.36. The monoisotopic (exact) mass is 372 g/mol. The Morgan fingerprint density at radius 3 is 2.59 bits per heavy atom. The van der Waals surface area contributed by atoms with Crippen molar-refractivity contribution in [1.29, 1.82) is 0 Å². The molecule has 3 heteroatoms. The Labute approximate surface area is 164 Å². The molecule has 2 nitrogen and oxygen atoms in total. The van der Waals surface area contributed by atoms with Crippen LogP contribution in [0.2, 0.25) is 0 Å². The molecule has 2 aromatic heterocycles. The summed E-state index contributed by atoms with van der Waals surface area (Å²) in [5, 5.41) is 6.04. The third-order valence-electron chi connectivity index (χ3n) is 5.78. The fourth-order valence-corrected chi connectivity index (χ4v) is 5.17. The fourth-order valence-electron chi connectivity index (χ4n) is 4.35. The Kier molecular flexibility index (Phi) is 4.14. The zero-order chi connectivity index (χ0) is 18.4. The molecule has 3 heterocycles. The average molecular weight is 373 g/mol. The zero-order valence-electron chi connectivity index (χ0n) is 15.9. The standard InChI is InChI=1S/C24H24N2S/c1-17-8-9-22-20(14-17)19-10-12-25(2)13-11-23(19)26(22)24-16-27-15-21(24)18-6-4-3-5-7-18/h3-9,14-16H,10-13H2,1-2H3. The number of hydrogen-bond acceptors (Lipinski definition) is 2. The highest BCUT2D eigenvalue weighted by Crippen LogP contribution is 2.38. The van der Waals surface area contributed by atoms with Gasteiger partial charge in [-0.05, 0) is 43.7 Å². The maximum absolute atomic E-state index is 2.54. The second kappa shape index (κ2) is 6.66. The maximum Gasteiger partial charge on any atom is 0.0644 e.